The van der Waals surface area contributed by atoms with Crippen LogP contribution in [0, 0.1) is 0 Å². The molecule has 0 atom stereocenters. The van der Waals surface area contributed by atoms with Crippen LogP contribution in [0.2, 0.25) is 0 Å². The summed E-state index contributed by atoms with van der Waals surface area (Å²) >= 11 is 0. The first-order chi connectivity index (χ1) is 23.2. The van der Waals surface area contributed by atoms with Gasteiger partial charge in [-0.15, -0.1) is 0 Å². The van der Waals surface area contributed by atoms with Crippen LogP contribution in [0.15, 0.2) is 10.2 Å². The first kappa shape index (κ1) is 45.3. The molecular formula is C41H80N4O2. The van der Waals surface area contributed by atoms with Gasteiger partial charge in [-0.2, -0.15) is 10.2 Å². The lowest BCUT2D eigenvalue weighted by Gasteiger charge is -2.03. The fourth-order valence-electron chi connectivity index (χ4n) is 6.10. The minimum atomic E-state index is -0.137. The maximum Gasteiger partial charge on any atom is 0.240 e. The molecule has 276 valence electrons. The number of unbranched alkanes of at least 4 members (excludes halogenated alkanes) is 30. The Labute approximate surface area is 292 Å². The van der Waals surface area contributed by atoms with Gasteiger partial charge in [0.1, 0.15) is 0 Å². The maximum absolute atomic E-state index is 11.9. The van der Waals surface area contributed by atoms with Crippen molar-refractivity contribution in [3.8, 4) is 0 Å². The van der Waals surface area contributed by atoms with Gasteiger partial charge in [-0.25, -0.2) is 10.9 Å². The molecule has 0 heterocycles. The van der Waals surface area contributed by atoms with Crippen LogP contribution in [0.25, 0.3) is 0 Å². The number of amides is 2. The zero-order valence-corrected chi connectivity index (χ0v) is 31.6. The van der Waals surface area contributed by atoms with E-state index in [-0.39, 0.29) is 11.8 Å². The van der Waals surface area contributed by atoms with Gasteiger partial charge < -0.3 is 0 Å². The van der Waals surface area contributed by atoms with Crippen LogP contribution in [-0.4, -0.2) is 24.2 Å². The molecule has 6 heteroatoms. The summed E-state index contributed by atoms with van der Waals surface area (Å²) in [6.45, 7) is 4.56. The standard InChI is InChI=1S/C41H80N4O2/c1-3-5-7-9-11-13-15-17-19-21-23-25-27-29-31-33-38-42-44-40(46)36-35-37-41(47)45-43-39-34-32-30-28-26-24-22-20-18-16-14-12-10-8-6-4-2/h38-39H,3-37H2,1-2H3,(H,44,46)(H,45,47)/b42-38-,43-39+. The molecule has 47 heavy (non-hydrogen) atoms. The molecule has 0 unspecified atom stereocenters. The van der Waals surface area contributed by atoms with Crippen LogP contribution < -0.4 is 10.9 Å². The summed E-state index contributed by atoms with van der Waals surface area (Å²) in [6.07, 6.45) is 47.4. The molecule has 0 spiro atoms. The van der Waals surface area contributed by atoms with Crippen molar-refractivity contribution >= 4 is 24.2 Å². The number of hydrogen-bond donors (Lipinski definition) is 2. The zero-order valence-electron chi connectivity index (χ0n) is 31.6. The zero-order chi connectivity index (χ0) is 34.1. The van der Waals surface area contributed by atoms with E-state index in [4.69, 9.17) is 0 Å². The molecular weight excluding hydrogens is 580 g/mol. The van der Waals surface area contributed by atoms with Crippen LogP contribution in [0.1, 0.15) is 239 Å². The molecule has 0 radical (unpaired) electrons. The molecule has 0 aromatic rings. The lowest BCUT2D eigenvalue weighted by atomic mass is 10.0. The van der Waals surface area contributed by atoms with Crippen LogP contribution in [-0.2, 0) is 9.59 Å². The molecule has 2 N–H and O–H groups in total. The highest BCUT2D eigenvalue weighted by Gasteiger charge is 2.04. The fraction of sp³-hybridized carbons (Fsp3) is 0.902. The van der Waals surface area contributed by atoms with Crippen molar-refractivity contribution in [3.05, 3.63) is 0 Å². The van der Waals surface area contributed by atoms with Crippen molar-refractivity contribution in [1.82, 2.24) is 10.9 Å². The van der Waals surface area contributed by atoms with E-state index in [1.54, 1.807) is 12.4 Å². The van der Waals surface area contributed by atoms with Gasteiger partial charge in [-0.1, -0.05) is 194 Å². The third-order valence-corrected chi connectivity index (χ3v) is 9.24. The maximum atomic E-state index is 11.9. The summed E-state index contributed by atoms with van der Waals surface area (Å²) < 4.78 is 0. The highest BCUT2D eigenvalue weighted by Crippen LogP contribution is 2.15. The predicted octanol–water partition coefficient (Wildman–Crippen LogP) is 12.9. The topological polar surface area (TPSA) is 82.9 Å². The second kappa shape index (κ2) is 40.5. The second-order valence-electron chi connectivity index (χ2n) is 14.0. The van der Waals surface area contributed by atoms with Crippen molar-refractivity contribution in [3.63, 3.8) is 0 Å². The van der Waals surface area contributed by atoms with Crippen LogP contribution in [0.5, 0.6) is 0 Å². The van der Waals surface area contributed by atoms with Crippen LogP contribution >= 0.6 is 0 Å². The molecule has 0 aromatic carbocycles. The fourth-order valence-corrected chi connectivity index (χ4v) is 6.10. The lowest BCUT2D eigenvalue weighted by molar-refractivity contribution is -0.122. The van der Waals surface area contributed by atoms with Gasteiger partial charge in [0.2, 0.25) is 11.8 Å². The SMILES string of the molecule is CCCCCCCCCCCCCCCCC/C=N\NC(=O)CCCC(=O)N/N=C/CCCCCCCCCCCCCCCCC. The van der Waals surface area contributed by atoms with Crippen LogP contribution in [0.3, 0.4) is 0 Å². The largest absolute Gasteiger partial charge is 0.273 e. The van der Waals surface area contributed by atoms with E-state index < -0.39 is 0 Å². The Balaban J connectivity index is 3.36. The normalized spacial score (nSPS) is 11.6. The summed E-state index contributed by atoms with van der Waals surface area (Å²) in [5.41, 5.74) is 5.17. The van der Waals surface area contributed by atoms with Crippen molar-refractivity contribution < 1.29 is 9.59 Å². The van der Waals surface area contributed by atoms with E-state index in [0.717, 1.165) is 25.7 Å². The minimum Gasteiger partial charge on any atom is -0.273 e. The monoisotopic (exact) mass is 661 g/mol. The molecule has 0 aromatic heterocycles. The quantitative estimate of drug-likeness (QED) is 0.0392. The molecule has 0 rings (SSSR count). The first-order valence-corrected chi connectivity index (χ1v) is 20.8. The molecule has 0 saturated heterocycles. The predicted molar refractivity (Wildman–Crippen MR) is 206 cm³/mol. The van der Waals surface area contributed by atoms with E-state index in [9.17, 15) is 9.59 Å². The highest BCUT2D eigenvalue weighted by molar-refractivity contribution is 5.79. The molecule has 0 aliphatic heterocycles. The summed E-state index contributed by atoms with van der Waals surface area (Å²) in [5.74, 6) is -0.274. The number of carbonyl (C=O) groups excluding carboxylic acids is 2. The Kier molecular flexibility index (Phi) is 39.0. The van der Waals surface area contributed by atoms with Crippen molar-refractivity contribution in [2.24, 2.45) is 10.2 Å². The van der Waals surface area contributed by atoms with Crippen molar-refractivity contribution in [2.75, 3.05) is 0 Å². The van der Waals surface area contributed by atoms with Gasteiger partial charge in [0.15, 0.2) is 0 Å². The molecule has 6 nitrogen and oxygen atoms in total. The Morgan fingerprint density at radius 1 is 0.362 bits per heavy atom. The number of nitrogens with zero attached hydrogens (tertiary/aromatic N) is 2. The molecule has 0 fully saturated rings. The Bertz CT molecular complexity index is 652. The lowest BCUT2D eigenvalue weighted by Crippen LogP contribution is -2.20. The molecule has 0 aliphatic rings. The van der Waals surface area contributed by atoms with Crippen LogP contribution in [0.4, 0.5) is 0 Å². The van der Waals surface area contributed by atoms with Gasteiger partial charge in [-0.05, 0) is 32.1 Å². The van der Waals surface area contributed by atoms with Gasteiger partial charge in [0.25, 0.3) is 0 Å². The van der Waals surface area contributed by atoms with Crippen molar-refractivity contribution in [1.29, 1.82) is 0 Å². The minimum absolute atomic E-state index is 0.137. The number of nitrogens with one attached hydrogen (secondary N) is 2. The summed E-state index contributed by atoms with van der Waals surface area (Å²) in [7, 11) is 0. The summed E-state index contributed by atoms with van der Waals surface area (Å²) in [6, 6.07) is 0. The van der Waals surface area contributed by atoms with E-state index in [2.05, 4.69) is 34.9 Å². The average molecular weight is 661 g/mol. The number of hydrogen-bond acceptors (Lipinski definition) is 4. The van der Waals surface area contributed by atoms with Gasteiger partial charge in [0, 0.05) is 25.3 Å². The van der Waals surface area contributed by atoms with E-state index in [1.165, 1.54) is 180 Å². The number of carbonyl (C=O) groups is 2. The van der Waals surface area contributed by atoms with E-state index in [0.29, 0.717) is 19.3 Å². The Morgan fingerprint density at radius 2 is 0.596 bits per heavy atom. The van der Waals surface area contributed by atoms with E-state index in [1.807, 2.05) is 0 Å². The third-order valence-electron chi connectivity index (χ3n) is 9.24. The third kappa shape index (κ3) is 40.4. The van der Waals surface area contributed by atoms with Crippen molar-refractivity contribution in [2.45, 2.75) is 239 Å². The average Bonchev–Trinajstić information content (AvgIpc) is 3.07. The first-order valence-electron chi connectivity index (χ1n) is 20.8. The molecule has 2 amide bonds. The molecule has 0 aliphatic carbocycles. The molecule has 0 bridgehead atoms. The van der Waals surface area contributed by atoms with Gasteiger partial charge in [-0.3, -0.25) is 9.59 Å². The smallest absolute Gasteiger partial charge is 0.240 e. The molecule has 0 saturated carbocycles. The van der Waals surface area contributed by atoms with Gasteiger partial charge >= 0.3 is 0 Å². The Hall–Kier alpha value is -1.72. The Morgan fingerprint density at radius 3 is 0.851 bits per heavy atom. The van der Waals surface area contributed by atoms with E-state index >= 15 is 0 Å². The summed E-state index contributed by atoms with van der Waals surface area (Å²) in [5, 5.41) is 8.11. The number of hydrazone groups is 2. The highest BCUT2D eigenvalue weighted by atomic mass is 16.2. The van der Waals surface area contributed by atoms with Gasteiger partial charge in [0.05, 0.1) is 0 Å². The number of rotatable bonds is 38. The second-order valence-corrected chi connectivity index (χ2v) is 14.0. The summed E-state index contributed by atoms with van der Waals surface area (Å²) in [4.78, 5) is 23.9.